The number of fused-ring (bicyclic) bond motifs is 3. The fourth-order valence-corrected chi connectivity index (χ4v) is 4.47. The second-order valence-corrected chi connectivity index (χ2v) is 7.42. The zero-order chi connectivity index (χ0) is 17.7. The van der Waals surface area contributed by atoms with Gasteiger partial charge in [-0.25, -0.2) is 4.98 Å². The maximum Gasteiger partial charge on any atom is 0.271 e. The Bertz CT molecular complexity index is 1040. The van der Waals surface area contributed by atoms with E-state index in [4.69, 9.17) is 11.6 Å². The van der Waals surface area contributed by atoms with Crippen LogP contribution in [0, 0.1) is 13.8 Å². The molecule has 25 heavy (non-hydrogen) atoms. The zero-order valence-corrected chi connectivity index (χ0v) is 15.2. The second-order valence-electron chi connectivity index (χ2n) is 5.99. The Labute approximate surface area is 153 Å². The third-order valence-electron chi connectivity index (χ3n) is 4.11. The molecule has 0 fully saturated rings. The van der Waals surface area contributed by atoms with E-state index in [1.54, 1.807) is 24.3 Å². The van der Waals surface area contributed by atoms with Crippen LogP contribution in [0.1, 0.15) is 20.9 Å². The topological polar surface area (TPSA) is 62.3 Å². The number of carbonyl (C=O) groups is 2. The van der Waals surface area contributed by atoms with Crippen molar-refractivity contribution in [1.29, 1.82) is 0 Å². The summed E-state index contributed by atoms with van der Waals surface area (Å²) in [5, 5.41) is 4.23. The van der Waals surface area contributed by atoms with Gasteiger partial charge in [-0.3, -0.25) is 14.5 Å². The van der Waals surface area contributed by atoms with Crippen molar-refractivity contribution in [2.24, 2.45) is 0 Å². The molecule has 3 heterocycles. The first-order chi connectivity index (χ1) is 11.9. The number of nitrogens with zero attached hydrogens (tertiary/aromatic N) is 2. The Morgan fingerprint density at radius 2 is 2.04 bits per heavy atom. The van der Waals surface area contributed by atoms with Crippen LogP contribution in [0.25, 0.3) is 10.2 Å². The standard InChI is InChI=1S/C18H14ClN3O2S/c1-9-6-10(2)20-17-14(9)15-16(25-17)18(24)22(8-13(23)21-15)12-5-3-4-11(19)7-12/h3-7H,8H2,1-2H3,(H,21,23). The molecule has 126 valence electrons. The van der Waals surface area contributed by atoms with Gasteiger partial charge in [-0.15, -0.1) is 11.3 Å². The van der Waals surface area contributed by atoms with E-state index in [1.807, 2.05) is 19.9 Å². The van der Waals surface area contributed by atoms with Crippen molar-refractivity contribution in [3.05, 3.63) is 51.5 Å². The molecule has 4 rings (SSSR count). The van der Waals surface area contributed by atoms with Crippen LogP contribution in [0.15, 0.2) is 30.3 Å². The Kier molecular flexibility index (Phi) is 3.74. The van der Waals surface area contributed by atoms with E-state index in [9.17, 15) is 9.59 Å². The van der Waals surface area contributed by atoms with Gasteiger partial charge in [0.1, 0.15) is 16.3 Å². The smallest absolute Gasteiger partial charge is 0.271 e. The summed E-state index contributed by atoms with van der Waals surface area (Å²) >= 11 is 7.35. The molecular formula is C18H14ClN3O2S. The lowest BCUT2D eigenvalue weighted by atomic mass is 10.1. The number of amides is 2. The summed E-state index contributed by atoms with van der Waals surface area (Å²) in [7, 11) is 0. The van der Waals surface area contributed by atoms with Gasteiger partial charge in [-0.1, -0.05) is 17.7 Å². The van der Waals surface area contributed by atoms with Crippen LogP contribution in [0.4, 0.5) is 11.4 Å². The van der Waals surface area contributed by atoms with Gasteiger partial charge in [0.2, 0.25) is 5.91 Å². The molecule has 0 saturated heterocycles. The molecule has 2 amide bonds. The molecule has 0 unspecified atom stereocenters. The number of aryl methyl sites for hydroxylation is 2. The number of nitrogens with one attached hydrogen (secondary N) is 1. The van der Waals surface area contributed by atoms with Gasteiger partial charge in [-0.05, 0) is 43.7 Å². The summed E-state index contributed by atoms with van der Waals surface area (Å²) in [4.78, 5) is 32.8. The fourth-order valence-electron chi connectivity index (χ4n) is 3.08. The summed E-state index contributed by atoms with van der Waals surface area (Å²) in [6.07, 6.45) is 0. The molecule has 0 aliphatic carbocycles. The molecule has 1 aliphatic heterocycles. The highest BCUT2D eigenvalue weighted by Gasteiger charge is 2.31. The molecular weight excluding hydrogens is 358 g/mol. The first-order valence-electron chi connectivity index (χ1n) is 7.72. The lowest BCUT2D eigenvalue weighted by molar-refractivity contribution is -0.114. The van der Waals surface area contributed by atoms with Gasteiger partial charge in [0.05, 0.1) is 5.69 Å². The van der Waals surface area contributed by atoms with E-state index in [1.165, 1.54) is 16.2 Å². The predicted molar refractivity (Wildman–Crippen MR) is 101 cm³/mol. The Morgan fingerprint density at radius 3 is 2.80 bits per heavy atom. The van der Waals surface area contributed by atoms with Gasteiger partial charge in [0, 0.05) is 21.8 Å². The van der Waals surface area contributed by atoms with Gasteiger partial charge in [0.25, 0.3) is 5.91 Å². The first kappa shape index (κ1) is 16.1. The molecule has 0 radical (unpaired) electrons. The van der Waals surface area contributed by atoms with E-state index in [0.717, 1.165) is 21.5 Å². The highest BCUT2D eigenvalue weighted by molar-refractivity contribution is 7.21. The van der Waals surface area contributed by atoms with Crippen molar-refractivity contribution in [2.75, 3.05) is 16.8 Å². The number of pyridine rings is 1. The van der Waals surface area contributed by atoms with Crippen molar-refractivity contribution in [2.45, 2.75) is 13.8 Å². The summed E-state index contributed by atoms with van der Waals surface area (Å²) < 4.78 is 0. The van der Waals surface area contributed by atoms with E-state index in [2.05, 4.69) is 10.3 Å². The Morgan fingerprint density at radius 1 is 1.24 bits per heavy atom. The van der Waals surface area contributed by atoms with Crippen LogP contribution in [-0.4, -0.2) is 23.3 Å². The molecule has 5 nitrogen and oxygen atoms in total. The van der Waals surface area contributed by atoms with Crippen LogP contribution in [-0.2, 0) is 4.79 Å². The molecule has 0 spiro atoms. The molecule has 0 saturated carbocycles. The molecule has 0 atom stereocenters. The minimum atomic E-state index is -0.244. The van der Waals surface area contributed by atoms with Crippen molar-refractivity contribution >= 4 is 56.3 Å². The number of benzene rings is 1. The SMILES string of the molecule is Cc1cc(C)c2c3c(sc2n1)C(=O)N(c1cccc(Cl)c1)CC(=O)N3. The first-order valence-corrected chi connectivity index (χ1v) is 8.91. The summed E-state index contributed by atoms with van der Waals surface area (Å²) in [5.41, 5.74) is 3.03. The van der Waals surface area contributed by atoms with Crippen molar-refractivity contribution < 1.29 is 9.59 Å². The Balaban J connectivity index is 1.92. The highest BCUT2D eigenvalue weighted by atomic mass is 35.5. The zero-order valence-electron chi connectivity index (χ0n) is 13.6. The lowest BCUT2D eigenvalue weighted by Gasteiger charge is -2.19. The van der Waals surface area contributed by atoms with E-state index in [0.29, 0.717) is 21.3 Å². The van der Waals surface area contributed by atoms with E-state index in [-0.39, 0.29) is 18.4 Å². The van der Waals surface area contributed by atoms with Crippen LogP contribution >= 0.6 is 22.9 Å². The molecule has 3 aromatic rings. The summed E-state index contributed by atoms with van der Waals surface area (Å²) in [5.74, 6) is -0.470. The number of thiophene rings is 1. The van der Waals surface area contributed by atoms with Gasteiger partial charge < -0.3 is 5.32 Å². The number of hydrogen-bond donors (Lipinski definition) is 1. The minimum Gasteiger partial charge on any atom is -0.323 e. The quantitative estimate of drug-likeness (QED) is 0.698. The third kappa shape index (κ3) is 2.67. The number of halogens is 1. The number of hydrogen-bond acceptors (Lipinski definition) is 4. The largest absolute Gasteiger partial charge is 0.323 e. The summed E-state index contributed by atoms with van der Waals surface area (Å²) in [6.45, 7) is 3.82. The number of aromatic nitrogens is 1. The van der Waals surface area contributed by atoms with Gasteiger partial charge >= 0.3 is 0 Å². The van der Waals surface area contributed by atoms with Crippen LogP contribution in [0.2, 0.25) is 5.02 Å². The molecule has 1 aliphatic rings. The molecule has 1 aromatic carbocycles. The van der Waals surface area contributed by atoms with Crippen molar-refractivity contribution in [3.63, 3.8) is 0 Å². The third-order valence-corrected chi connectivity index (χ3v) is 5.42. The maximum absolute atomic E-state index is 13.1. The predicted octanol–water partition coefficient (Wildman–Crippen LogP) is 4.17. The Hall–Kier alpha value is -2.44. The lowest BCUT2D eigenvalue weighted by Crippen LogP contribution is -2.34. The van der Waals surface area contributed by atoms with E-state index < -0.39 is 0 Å². The van der Waals surface area contributed by atoms with Gasteiger partial charge in [0.15, 0.2) is 0 Å². The molecule has 1 N–H and O–H groups in total. The highest BCUT2D eigenvalue weighted by Crippen LogP contribution is 2.39. The minimum absolute atomic E-state index is 0.0552. The maximum atomic E-state index is 13.1. The monoisotopic (exact) mass is 371 g/mol. The van der Waals surface area contributed by atoms with Crippen molar-refractivity contribution in [3.8, 4) is 0 Å². The van der Waals surface area contributed by atoms with E-state index >= 15 is 0 Å². The van der Waals surface area contributed by atoms with Crippen LogP contribution < -0.4 is 10.2 Å². The average molecular weight is 372 g/mol. The molecule has 7 heteroatoms. The number of rotatable bonds is 1. The second kappa shape index (κ2) is 5.82. The van der Waals surface area contributed by atoms with Gasteiger partial charge in [-0.2, -0.15) is 0 Å². The van der Waals surface area contributed by atoms with Crippen molar-refractivity contribution in [1.82, 2.24) is 4.98 Å². The average Bonchev–Trinajstić information content (AvgIpc) is 2.84. The van der Waals surface area contributed by atoms with Crippen LogP contribution in [0.5, 0.6) is 0 Å². The number of carbonyl (C=O) groups excluding carboxylic acids is 2. The summed E-state index contributed by atoms with van der Waals surface area (Å²) in [6, 6.07) is 8.89. The number of anilines is 2. The molecule has 2 aromatic heterocycles. The normalized spacial score (nSPS) is 14.4. The fraction of sp³-hybridized carbons (Fsp3) is 0.167. The van der Waals surface area contributed by atoms with Crippen LogP contribution in [0.3, 0.4) is 0 Å². The molecule has 0 bridgehead atoms.